The van der Waals surface area contributed by atoms with Crippen molar-refractivity contribution in [2.45, 2.75) is 119 Å². The highest BCUT2D eigenvalue weighted by molar-refractivity contribution is 5.31. The second-order valence-corrected chi connectivity index (χ2v) is 13.5. The van der Waals surface area contributed by atoms with Gasteiger partial charge in [-0.15, -0.1) is 0 Å². The minimum Gasteiger partial charge on any atom is -0.390 e. The van der Waals surface area contributed by atoms with Crippen molar-refractivity contribution in [2.24, 2.45) is 11.8 Å². The molecule has 0 spiro atoms. The van der Waals surface area contributed by atoms with Gasteiger partial charge in [-0.3, -0.25) is 0 Å². The van der Waals surface area contributed by atoms with Crippen molar-refractivity contribution in [3.8, 4) is 0 Å². The van der Waals surface area contributed by atoms with Crippen LogP contribution in [0.15, 0.2) is 119 Å². The van der Waals surface area contributed by atoms with Crippen LogP contribution < -0.4 is 0 Å². The molecule has 3 atom stereocenters. The third-order valence-corrected chi connectivity index (χ3v) is 8.63. The van der Waals surface area contributed by atoms with E-state index in [1.807, 2.05) is 6.92 Å². The summed E-state index contributed by atoms with van der Waals surface area (Å²) >= 11 is 0. The lowest BCUT2D eigenvalue weighted by Crippen LogP contribution is -2.41. The van der Waals surface area contributed by atoms with Crippen LogP contribution in [0.3, 0.4) is 0 Å². The minimum absolute atomic E-state index is 0.210. The fourth-order valence-corrected chi connectivity index (χ4v) is 5.56. The third kappa shape index (κ3) is 16.1. The Morgan fingerprint density at radius 3 is 1.70 bits per heavy atom. The van der Waals surface area contributed by atoms with E-state index in [1.54, 1.807) is 7.11 Å². The Morgan fingerprint density at radius 2 is 1.21 bits per heavy atom. The predicted octanol–water partition coefficient (Wildman–Crippen LogP) is 11.7. The Hall–Kier alpha value is -2.68. The quantitative estimate of drug-likeness (QED) is 0.144. The van der Waals surface area contributed by atoms with Crippen molar-refractivity contribution in [1.29, 1.82) is 0 Å². The Morgan fingerprint density at radius 1 is 0.744 bits per heavy atom. The molecule has 0 amide bonds. The zero-order valence-corrected chi connectivity index (χ0v) is 29.3. The molecule has 0 aromatic rings. The lowest BCUT2D eigenvalue weighted by molar-refractivity contribution is -0.0715. The zero-order chi connectivity index (χ0) is 32.5. The number of methoxy groups -OCH3 is 1. The average molecular weight is 587 g/mol. The van der Waals surface area contributed by atoms with E-state index in [1.165, 1.54) is 33.4 Å². The fourth-order valence-electron chi connectivity index (χ4n) is 5.56. The van der Waals surface area contributed by atoms with E-state index in [4.69, 9.17) is 4.74 Å². The monoisotopic (exact) mass is 586 g/mol. The first-order valence-corrected chi connectivity index (χ1v) is 16.1. The van der Waals surface area contributed by atoms with Gasteiger partial charge in [-0.25, -0.2) is 0 Å². The van der Waals surface area contributed by atoms with Gasteiger partial charge in [0, 0.05) is 7.11 Å². The summed E-state index contributed by atoms with van der Waals surface area (Å²) in [5.41, 5.74) is 6.94. The van der Waals surface area contributed by atoms with Crippen LogP contribution in [0, 0.1) is 11.8 Å². The van der Waals surface area contributed by atoms with E-state index in [-0.39, 0.29) is 11.5 Å². The molecule has 2 heteroatoms. The summed E-state index contributed by atoms with van der Waals surface area (Å²) in [4.78, 5) is 0. The number of hydrogen-bond acceptors (Lipinski definition) is 2. The highest BCUT2D eigenvalue weighted by Crippen LogP contribution is 2.48. The second kappa shape index (κ2) is 19.6. The van der Waals surface area contributed by atoms with Crippen molar-refractivity contribution in [1.82, 2.24) is 0 Å². The number of aliphatic hydroxyl groups is 1. The molecule has 0 bridgehead atoms. The molecular formula is C41H62O2. The van der Waals surface area contributed by atoms with Crippen LogP contribution in [0.25, 0.3) is 0 Å². The van der Waals surface area contributed by atoms with Crippen LogP contribution in [0.2, 0.25) is 0 Å². The molecule has 0 saturated heterocycles. The van der Waals surface area contributed by atoms with Crippen LogP contribution in [-0.2, 0) is 4.74 Å². The Kier molecular flexibility index (Phi) is 17.4. The SMILES string of the molecule is COC(C)(C)[C@@H]1CC[C@@](C)(O)[C@H]1CC/C(C)=C/C=C/C(C)=C/C=C/C=C(C)/C=C/C=C(C)/C=C/C=C(\C)CCC=C(C)C. The molecule has 0 radical (unpaired) electrons. The molecule has 1 saturated carbocycles. The summed E-state index contributed by atoms with van der Waals surface area (Å²) in [6, 6.07) is 0. The molecule has 0 unspecified atom stereocenters. The van der Waals surface area contributed by atoms with Crippen LogP contribution in [0.1, 0.15) is 108 Å². The summed E-state index contributed by atoms with van der Waals surface area (Å²) in [6.45, 7) is 21.4. The molecule has 0 heterocycles. The molecule has 0 aliphatic heterocycles. The van der Waals surface area contributed by atoms with Crippen molar-refractivity contribution in [3.05, 3.63) is 119 Å². The van der Waals surface area contributed by atoms with Crippen molar-refractivity contribution in [3.63, 3.8) is 0 Å². The normalized spacial score (nSPS) is 23.6. The first kappa shape index (κ1) is 38.3. The largest absolute Gasteiger partial charge is 0.390 e. The number of rotatable bonds is 16. The lowest BCUT2D eigenvalue weighted by Gasteiger charge is -2.38. The lowest BCUT2D eigenvalue weighted by atomic mass is 9.75. The van der Waals surface area contributed by atoms with E-state index in [9.17, 15) is 5.11 Å². The molecule has 1 N–H and O–H groups in total. The van der Waals surface area contributed by atoms with Gasteiger partial charge < -0.3 is 9.84 Å². The van der Waals surface area contributed by atoms with Crippen LogP contribution in [0.5, 0.6) is 0 Å². The standard InChI is InChI=1S/C41H62O2/c1-32(2)18-14-21-35(5)24-16-26-36(6)25-15-22-33(3)19-12-13-20-34(4)23-17-27-37(7)28-29-39-38(40(8,9)43-11)30-31-41(39,10)42/h12-13,15-20,22-27,38-39,42H,14,21,28-31H2,1-11H3/b13-12+,22-15+,23-17+,26-16+,33-19+,34-20+,35-24+,36-25+,37-27+/t38-,39+,41-/m1/s1. The molecule has 238 valence electrons. The van der Waals surface area contributed by atoms with Crippen molar-refractivity contribution in [2.75, 3.05) is 7.11 Å². The maximum absolute atomic E-state index is 11.0. The van der Waals surface area contributed by atoms with E-state index >= 15 is 0 Å². The number of allylic oxidation sites excluding steroid dienone is 20. The highest BCUT2D eigenvalue weighted by atomic mass is 16.5. The highest BCUT2D eigenvalue weighted by Gasteiger charge is 2.49. The number of hydrogen-bond donors (Lipinski definition) is 1. The summed E-state index contributed by atoms with van der Waals surface area (Å²) in [5.74, 6) is 0.632. The van der Waals surface area contributed by atoms with E-state index in [0.29, 0.717) is 5.92 Å². The van der Waals surface area contributed by atoms with E-state index in [2.05, 4.69) is 147 Å². The summed E-state index contributed by atoms with van der Waals surface area (Å²) in [6.07, 6.45) is 36.2. The summed E-state index contributed by atoms with van der Waals surface area (Å²) in [7, 11) is 1.79. The molecule has 0 aromatic heterocycles. The predicted molar refractivity (Wildman–Crippen MR) is 191 cm³/mol. The van der Waals surface area contributed by atoms with Gasteiger partial charge >= 0.3 is 0 Å². The maximum Gasteiger partial charge on any atom is 0.0654 e. The molecule has 1 fully saturated rings. The first-order valence-electron chi connectivity index (χ1n) is 16.1. The van der Waals surface area contributed by atoms with Gasteiger partial charge in [0.2, 0.25) is 0 Å². The molecule has 1 aliphatic carbocycles. The van der Waals surface area contributed by atoms with Gasteiger partial charge in [0.25, 0.3) is 0 Å². The smallest absolute Gasteiger partial charge is 0.0654 e. The van der Waals surface area contributed by atoms with Gasteiger partial charge in [-0.1, -0.05) is 119 Å². The van der Waals surface area contributed by atoms with Crippen molar-refractivity contribution < 1.29 is 9.84 Å². The molecule has 1 aliphatic rings. The Labute approximate surface area is 265 Å². The minimum atomic E-state index is -0.611. The van der Waals surface area contributed by atoms with E-state index in [0.717, 1.165) is 38.5 Å². The van der Waals surface area contributed by atoms with Crippen LogP contribution in [-0.4, -0.2) is 23.4 Å². The molecule has 43 heavy (non-hydrogen) atoms. The third-order valence-electron chi connectivity index (χ3n) is 8.63. The zero-order valence-electron chi connectivity index (χ0n) is 29.3. The van der Waals surface area contributed by atoms with Crippen LogP contribution >= 0.6 is 0 Å². The second-order valence-electron chi connectivity index (χ2n) is 13.5. The van der Waals surface area contributed by atoms with Gasteiger partial charge in [0.15, 0.2) is 0 Å². The first-order chi connectivity index (χ1) is 20.2. The molecule has 0 aromatic carbocycles. The number of ether oxygens (including phenoxy) is 1. The van der Waals surface area contributed by atoms with Gasteiger partial charge in [-0.2, -0.15) is 0 Å². The molecule has 2 nitrogen and oxygen atoms in total. The van der Waals surface area contributed by atoms with Gasteiger partial charge in [0.1, 0.15) is 0 Å². The van der Waals surface area contributed by atoms with Gasteiger partial charge in [0.05, 0.1) is 11.2 Å². The Bertz CT molecular complexity index is 1160. The molecule has 1 rings (SSSR count). The topological polar surface area (TPSA) is 29.5 Å². The fraction of sp³-hybridized carbons (Fsp3) is 0.512. The van der Waals surface area contributed by atoms with Crippen LogP contribution in [0.4, 0.5) is 0 Å². The van der Waals surface area contributed by atoms with Gasteiger partial charge in [-0.05, 0) is 120 Å². The average Bonchev–Trinajstić information content (AvgIpc) is 3.24. The summed E-state index contributed by atoms with van der Waals surface area (Å²) in [5, 5.41) is 11.0. The van der Waals surface area contributed by atoms with Crippen molar-refractivity contribution >= 4 is 0 Å². The maximum atomic E-state index is 11.0. The summed E-state index contributed by atoms with van der Waals surface area (Å²) < 4.78 is 5.79. The Balaban J connectivity index is 2.57. The van der Waals surface area contributed by atoms with E-state index < -0.39 is 5.60 Å². The molecular weight excluding hydrogens is 524 g/mol.